The summed E-state index contributed by atoms with van der Waals surface area (Å²) in [7, 11) is 5.60. The van der Waals surface area contributed by atoms with E-state index in [4.69, 9.17) is 7.85 Å². The van der Waals surface area contributed by atoms with Gasteiger partial charge in [-0.2, -0.15) is 0 Å². The van der Waals surface area contributed by atoms with Gasteiger partial charge in [0, 0.05) is 40.6 Å². The maximum absolute atomic E-state index is 12.6. The van der Waals surface area contributed by atoms with Gasteiger partial charge in [-0.25, -0.2) is 0 Å². The van der Waals surface area contributed by atoms with Crippen LogP contribution in [0.25, 0.3) is 0 Å². The van der Waals surface area contributed by atoms with Crippen LogP contribution in [0.1, 0.15) is 33.3 Å². The number of rotatable bonds is 2. The Bertz CT molecular complexity index is 776. The van der Waals surface area contributed by atoms with Crippen molar-refractivity contribution in [3.63, 3.8) is 0 Å². The van der Waals surface area contributed by atoms with E-state index in [1.54, 1.807) is 49.5 Å². The van der Waals surface area contributed by atoms with Gasteiger partial charge >= 0.3 is 0 Å². The molecule has 1 aromatic carbocycles. The highest BCUT2D eigenvalue weighted by Crippen LogP contribution is 2.27. The third kappa shape index (κ3) is 2.33. The molecular formula is C17H12BNO2. The average Bonchev–Trinajstić information content (AvgIpc) is 2.51. The van der Waals surface area contributed by atoms with E-state index in [2.05, 4.69) is 4.98 Å². The van der Waals surface area contributed by atoms with Crippen molar-refractivity contribution in [1.82, 2.24) is 4.98 Å². The summed E-state index contributed by atoms with van der Waals surface area (Å²) in [5.74, 6) is -0.183. The Morgan fingerprint density at radius 1 is 1.00 bits per heavy atom. The van der Waals surface area contributed by atoms with E-state index in [-0.39, 0.29) is 11.6 Å². The number of aromatic nitrogens is 1. The number of fused-ring (bicyclic) bond motifs is 1. The lowest BCUT2D eigenvalue weighted by Gasteiger charge is -2.18. The second-order valence-corrected chi connectivity index (χ2v) is 5.07. The number of carbonyl (C=O) groups is 2. The molecule has 0 atom stereocenters. The van der Waals surface area contributed by atoms with E-state index >= 15 is 0 Å². The molecule has 0 saturated heterocycles. The SMILES string of the molecule is [B]c1ccc(CC2=C(C)C(=O)c3ccccc3C2=O)nc1. The van der Waals surface area contributed by atoms with Crippen LogP contribution < -0.4 is 5.46 Å². The van der Waals surface area contributed by atoms with Crippen molar-refractivity contribution in [3.8, 4) is 0 Å². The Balaban J connectivity index is 2.02. The van der Waals surface area contributed by atoms with Crippen molar-refractivity contribution in [2.75, 3.05) is 0 Å². The molecule has 21 heavy (non-hydrogen) atoms. The van der Waals surface area contributed by atoms with E-state index in [1.165, 1.54) is 0 Å². The van der Waals surface area contributed by atoms with E-state index in [0.717, 1.165) is 5.69 Å². The van der Waals surface area contributed by atoms with Gasteiger partial charge in [-0.15, -0.1) is 0 Å². The summed E-state index contributed by atoms with van der Waals surface area (Å²) in [4.78, 5) is 29.1. The van der Waals surface area contributed by atoms with Crippen LogP contribution in [0.5, 0.6) is 0 Å². The third-order valence-corrected chi connectivity index (χ3v) is 3.69. The Kier molecular flexibility index (Phi) is 3.30. The van der Waals surface area contributed by atoms with E-state index in [1.807, 2.05) is 0 Å². The topological polar surface area (TPSA) is 47.0 Å². The fraction of sp³-hybridized carbons (Fsp3) is 0.118. The molecule has 3 rings (SSSR count). The minimum Gasteiger partial charge on any atom is -0.289 e. The number of hydrogen-bond donors (Lipinski definition) is 0. The Morgan fingerprint density at radius 2 is 1.67 bits per heavy atom. The molecule has 1 aliphatic rings. The fourth-order valence-corrected chi connectivity index (χ4v) is 2.49. The number of allylic oxidation sites excluding steroid dienone is 2. The zero-order valence-electron chi connectivity index (χ0n) is 11.6. The zero-order valence-corrected chi connectivity index (χ0v) is 11.6. The highest BCUT2D eigenvalue weighted by atomic mass is 16.1. The normalized spacial score (nSPS) is 14.3. The largest absolute Gasteiger partial charge is 0.289 e. The molecule has 2 aromatic rings. The molecule has 0 aliphatic heterocycles. The molecule has 1 heterocycles. The minimum absolute atomic E-state index is 0.0874. The molecule has 0 amide bonds. The maximum Gasteiger partial charge on any atom is 0.190 e. The van der Waals surface area contributed by atoms with E-state index in [9.17, 15) is 9.59 Å². The van der Waals surface area contributed by atoms with Gasteiger partial charge in [-0.3, -0.25) is 14.6 Å². The average molecular weight is 273 g/mol. The Morgan fingerprint density at radius 3 is 2.29 bits per heavy atom. The third-order valence-electron chi connectivity index (χ3n) is 3.69. The molecule has 0 saturated carbocycles. The number of nitrogens with zero attached hydrogens (tertiary/aromatic N) is 1. The summed E-state index contributed by atoms with van der Waals surface area (Å²) in [5.41, 5.74) is 3.25. The predicted molar refractivity (Wildman–Crippen MR) is 81.1 cm³/mol. The van der Waals surface area contributed by atoms with Crippen molar-refractivity contribution in [3.05, 3.63) is 70.6 Å². The lowest BCUT2D eigenvalue weighted by atomic mass is 9.83. The first-order valence-electron chi connectivity index (χ1n) is 6.66. The van der Waals surface area contributed by atoms with Crippen LogP contribution >= 0.6 is 0 Å². The van der Waals surface area contributed by atoms with E-state index < -0.39 is 0 Å². The molecular weight excluding hydrogens is 261 g/mol. The summed E-state index contributed by atoms with van der Waals surface area (Å²) < 4.78 is 0. The van der Waals surface area contributed by atoms with Crippen molar-refractivity contribution in [2.24, 2.45) is 0 Å². The standard InChI is InChI=1S/C17H12BNO2/c1-10-15(8-12-7-6-11(18)9-19-12)17(21)14-5-3-2-4-13(14)16(10)20/h2-7,9H,8H2,1H3. The van der Waals surface area contributed by atoms with Crippen molar-refractivity contribution >= 4 is 24.9 Å². The first-order chi connectivity index (χ1) is 10.1. The Hall–Kier alpha value is -2.49. The highest BCUT2D eigenvalue weighted by molar-refractivity contribution is 6.32. The first kappa shape index (κ1) is 13.5. The second kappa shape index (κ2) is 5.13. The number of Topliss-reactive ketones (excluding diaryl/α,β-unsaturated/α-hetero) is 2. The van der Waals surface area contributed by atoms with Gasteiger partial charge in [-0.1, -0.05) is 35.8 Å². The Labute approximate surface area is 124 Å². The van der Waals surface area contributed by atoms with Gasteiger partial charge in [0.2, 0.25) is 0 Å². The maximum atomic E-state index is 12.6. The quantitative estimate of drug-likeness (QED) is 0.784. The van der Waals surface area contributed by atoms with E-state index in [0.29, 0.717) is 34.2 Å². The first-order valence-corrected chi connectivity index (χ1v) is 6.66. The molecule has 0 unspecified atom stereocenters. The van der Waals surface area contributed by atoms with Crippen LogP contribution in [-0.4, -0.2) is 24.4 Å². The summed E-state index contributed by atoms with van der Waals surface area (Å²) in [6.07, 6.45) is 1.89. The predicted octanol–water partition coefficient (Wildman–Crippen LogP) is 1.81. The fourth-order valence-electron chi connectivity index (χ4n) is 2.49. The highest BCUT2D eigenvalue weighted by Gasteiger charge is 2.29. The van der Waals surface area contributed by atoms with Gasteiger partial charge < -0.3 is 0 Å². The van der Waals surface area contributed by atoms with Crippen LogP contribution in [0.4, 0.5) is 0 Å². The van der Waals surface area contributed by atoms with Gasteiger partial charge in [-0.05, 0) is 13.0 Å². The lowest BCUT2D eigenvalue weighted by molar-refractivity contribution is 0.0973. The summed E-state index contributed by atoms with van der Waals surface area (Å²) >= 11 is 0. The van der Waals surface area contributed by atoms with Crippen molar-refractivity contribution < 1.29 is 9.59 Å². The molecule has 1 aromatic heterocycles. The molecule has 0 spiro atoms. The number of ketones is 2. The van der Waals surface area contributed by atoms with Crippen molar-refractivity contribution in [1.29, 1.82) is 0 Å². The van der Waals surface area contributed by atoms with Gasteiger partial charge in [0.25, 0.3) is 0 Å². The molecule has 100 valence electrons. The van der Waals surface area contributed by atoms with Crippen LogP contribution in [0.2, 0.25) is 0 Å². The summed E-state index contributed by atoms with van der Waals surface area (Å²) in [6.45, 7) is 1.70. The molecule has 2 radical (unpaired) electrons. The number of benzene rings is 1. The molecule has 0 fully saturated rings. The number of carbonyl (C=O) groups excluding carboxylic acids is 2. The van der Waals surface area contributed by atoms with Crippen molar-refractivity contribution in [2.45, 2.75) is 13.3 Å². The molecule has 0 bridgehead atoms. The van der Waals surface area contributed by atoms with Crippen LogP contribution in [0.3, 0.4) is 0 Å². The lowest BCUT2D eigenvalue weighted by Crippen LogP contribution is -2.22. The van der Waals surface area contributed by atoms with Gasteiger partial charge in [0.05, 0.1) is 0 Å². The summed E-state index contributed by atoms with van der Waals surface area (Å²) in [5, 5.41) is 0. The molecule has 1 aliphatic carbocycles. The van der Waals surface area contributed by atoms with Crippen LogP contribution in [0.15, 0.2) is 53.7 Å². The smallest absolute Gasteiger partial charge is 0.190 e. The summed E-state index contributed by atoms with van der Waals surface area (Å²) in [6, 6.07) is 10.4. The van der Waals surface area contributed by atoms with Crippen LogP contribution in [0, 0.1) is 0 Å². The minimum atomic E-state index is -0.0960. The molecule has 3 nitrogen and oxygen atoms in total. The zero-order chi connectivity index (χ0) is 15.0. The van der Waals surface area contributed by atoms with Crippen LogP contribution in [-0.2, 0) is 6.42 Å². The van der Waals surface area contributed by atoms with Gasteiger partial charge in [0.15, 0.2) is 11.6 Å². The molecule has 0 N–H and O–H groups in total. The number of pyridine rings is 1. The number of hydrogen-bond acceptors (Lipinski definition) is 3. The van der Waals surface area contributed by atoms with Gasteiger partial charge in [0.1, 0.15) is 7.85 Å². The second-order valence-electron chi connectivity index (χ2n) is 5.07. The monoisotopic (exact) mass is 273 g/mol. The molecule has 4 heteroatoms.